The van der Waals surface area contributed by atoms with Crippen LogP contribution in [0.5, 0.6) is 0 Å². The molecule has 1 amide bonds. The van der Waals surface area contributed by atoms with Gasteiger partial charge in [-0.25, -0.2) is 13.1 Å². The molecule has 3 rings (SSSR count). The standard InChI is InChI=1S/C20H23N3O3S/c1-13-10-16(11-19(14(13)2)27(25,26)21-3)20(24)22-9-8-15-12-23-18-7-5-4-6-17(15)18/h4-7,10-12,21,23H,8-9H2,1-3H3,(H,22,24). The van der Waals surface area contributed by atoms with Gasteiger partial charge < -0.3 is 10.3 Å². The number of rotatable bonds is 6. The van der Waals surface area contributed by atoms with Gasteiger partial charge in [0, 0.05) is 29.2 Å². The minimum absolute atomic E-state index is 0.131. The van der Waals surface area contributed by atoms with Gasteiger partial charge in [-0.05, 0) is 62.2 Å². The molecule has 1 aromatic heterocycles. The highest BCUT2D eigenvalue weighted by molar-refractivity contribution is 7.89. The molecule has 27 heavy (non-hydrogen) atoms. The van der Waals surface area contributed by atoms with Crippen LogP contribution < -0.4 is 10.0 Å². The Morgan fingerprint density at radius 2 is 1.89 bits per heavy atom. The zero-order valence-electron chi connectivity index (χ0n) is 15.6. The monoisotopic (exact) mass is 385 g/mol. The average molecular weight is 385 g/mol. The average Bonchev–Trinajstić information content (AvgIpc) is 3.07. The van der Waals surface area contributed by atoms with Crippen LogP contribution in [0.25, 0.3) is 10.9 Å². The third-order valence-corrected chi connectivity index (χ3v) is 6.34. The summed E-state index contributed by atoms with van der Waals surface area (Å²) in [5.74, 6) is -0.287. The topological polar surface area (TPSA) is 91.1 Å². The van der Waals surface area contributed by atoms with Crippen molar-refractivity contribution in [1.82, 2.24) is 15.0 Å². The molecule has 0 spiro atoms. The summed E-state index contributed by atoms with van der Waals surface area (Å²) >= 11 is 0. The van der Waals surface area contributed by atoms with Crippen LogP contribution in [-0.2, 0) is 16.4 Å². The molecule has 3 N–H and O–H groups in total. The number of carbonyl (C=O) groups excluding carboxylic acids is 1. The van der Waals surface area contributed by atoms with Crippen LogP contribution in [0.3, 0.4) is 0 Å². The molecule has 142 valence electrons. The third-order valence-electron chi connectivity index (χ3n) is 4.79. The Kier molecular flexibility index (Phi) is 5.34. The molecule has 6 nitrogen and oxygen atoms in total. The van der Waals surface area contributed by atoms with Crippen LogP contribution in [0.4, 0.5) is 0 Å². The van der Waals surface area contributed by atoms with E-state index in [2.05, 4.69) is 15.0 Å². The summed E-state index contributed by atoms with van der Waals surface area (Å²) in [5.41, 5.74) is 3.93. The van der Waals surface area contributed by atoms with Gasteiger partial charge in [-0.3, -0.25) is 4.79 Å². The van der Waals surface area contributed by atoms with E-state index in [9.17, 15) is 13.2 Å². The van der Waals surface area contributed by atoms with Crippen LogP contribution in [0.1, 0.15) is 27.0 Å². The van der Waals surface area contributed by atoms with E-state index >= 15 is 0 Å². The number of hydrogen-bond acceptors (Lipinski definition) is 3. The molecular weight excluding hydrogens is 362 g/mol. The zero-order chi connectivity index (χ0) is 19.6. The number of hydrogen-bond donors (Lipinski definition) is 3. The lowest BCUT2D eigenvalue weighted by atomic mass is 10.1. The Morgan fingerprint density at radius 1 is 1.15 bits per heavy atom. The summed E-state index contributed by atoms with van der Waals surface area (Å²) < 4.78 is 26.7. The Labute approximate surface area is 159 Å². The molecule has 7 heteroatoms. The quantitative estimate of drug-likeness (QED) is 0.609. The lowest BCUT2D eigenvalue weighted by molar-refractivity contribution is 0.0954. The van der Waals surface area contributed by atoms with Crippen molar-refractivity contribution in [2.75, 3.05) is 13.6 Å². The highest BCUT2D eigenvalue weighted by atomic mass is 32.2. The van der Waals surface area contributed by atoms with Crippen molar-refractivity contribution in [1.29, 1.82) is 0 Å². The van der Waals surface area contributed by atoms with Crippen molar-refractivity contribution in [2.24, 2.45) is 0 Å². The van der Waals surface area contributed by atoms with Crippen molar-refractivity contribution in [3.05, 3.63) is 64.8 Å². The summed E-state index contributed by atoms with van der Waals surface area (Å²) in [6.45, 7) is 3.99. The number of sulfonamides is 1. The molecular formula is C20H23N3O3S. The van der Waals surface area contributed by atoms with Gasteiger partial charge in [0.1, 0.15) is 0 Å². The molecule has 3 aromatic rings. The first-order valence-electron chi connectivity index (χ1n) is 8.71. The molecule has 0 bridgehead atoms. The van der Waals surface area contributed by atoms with Crippen molar-refractivity contribution in [3.8, 4) is 0 Å². The molecule has 0 fully saturated rings. The van der Waals surface area contributed by atoms with E-state index in [0.717, 1.165) is 22.0 Å². The first kappa shape index (κ1) is 19.1. The first-order valence-corrected chi connectivity index (χ1v) is 10.2. The number of para-hydroxylation sites is 1. The second-order valence-corrected chi connectivity index (χ2v) is 8.34. The number of benzene rings is 2. The van der Waals surface area contributed by atoms with E-state index in [0.29, 0.717) is 24.1 Å². The summed E-state index contributed by atoms with van der Waals surface area (Å²) in [6, 6.07) is 11.1. The van der Waals surface area contributed by atoms with Crippen molar-refractivity contribution < 1.29 is 13.2 Å². The van der Waals surface area contributed by atoms with Gasteiger partial charge in [-0.2, -0.15) is 0 Å². The summed E-state index contributed by atoms with van der Waals surface area (Å²) in [5, 5.41) is 4.02. The lowest BCUT2D eigenvalue weighted by Gasteiger charge is -2.12. The zero-order valence-corrected chi connectivity index (χ0v) is 16.4. The molecule has 0 saturated heterocycles. The third kappa shape index (κ3) is 3.89. The van der Waals surface area contributed by atoms with E-state index in [-0.39, 0.29) is 10.8 Å². The van der Waals surface area contributed by atoms with Crippen molar-refractivity contribution in [2.45, 2.75) is 25.2 Å². The maximum atomic E-state index is 12.5. The SMILES string of the molecule is CNS(=O)(=O)c1cc(C(=O)NCCc2c[nH]c3ccccc23)cc(C)c1C. The first-order chi connectivity index (χ1) is 12.8. The number of nitrogens with one attached hydrogen (secondary N) is 3. The Morgan fingerprint density at radius 3 is 2.63 bits per heavy atom. The molecule has 0 aliphatic rings. The van der Waals surface area contributed by atoms with Crippen LogP contribution in [0, 0.1) is 13.8 Å². The van der Waals surface area contributed by atoms with E-state index in [1.807, 2.05) is 30.5 Å². The fourth-order valence-electron chi connectivity index (χ4n) is 3.10. The summed E-state index contributed by atoms with van der Waals surface area (Å²) in [7, 11) is -2.26. The van der Waals surface area contributed by atoms with E-state index in [1.54, 1.807) is 19.9 Å². The molecule has 0 aliphatic carbocycles. The molecule has 0 aliphatic heterocycles. The second-order valence-electron chi connectivity index (χ2n) is 6.49. The predicted octanol–water partition coefficient (Wildman–Crippen LogP) is 2.67. The largest absolute Gasteiger partial charge is 0.361 e. The summed E-state index contributed by atoms with van der Waals surface area (Å²) in [4.78, 5) is 15.9. The number of aromatic nitrogens is 1. The Bertz CT molecular complexity index is 1100. The number of H-pyrrole nitrogens is 1. The number of aromatic amines is 1. The smallest absolute Gasteiger partial charge is 0.251 e. The van der Waals surface area contributed by atoms with Gasteiger partial charge in [-0.15, -0.1) is 0 Å². The van der Waals surface area contributed by atoms with Gasteiger partial charge >= 0.3 is 0 Å². The van der Waals surface area contributed by atoms with Crippen LogP contribution >= 0.6 is 0 Å². The number of aryl methyl sites for hydroxylation is 1. The minimum atomic E-state index is -3.62. The minimum Gasteiger partial charge on any atom is -0.361 e. The van der Waals surface area contributed by atoms with Gasteiger partial charge in [0.05, 0.1) is 4.90 Å². The number of carbonyl (C=O) groups is 1. The summed E-state index contributed by atoms with van der Waals surface area (Å²) in [6.07, 6.45) is 2.63. The normalized spacial score (nSPS) is 11.7. The van der Waals surface area contributed by atoms with Crippen LogP contribution in [0.15, 0.2) is 47.5 Å². The Hall–Kier alpha value is -2.64. The highest BCUT2D eigenvalue weighted by Crippen LogP contribution is 2.21. The van der Waals surface area contributed by atoms with Crippen molar-refractivity contribution in [3.63, 3.8) is 0 Å². The van der Waals surface area contributed by atoms with Gasteiger partial charge in [0.15, 0.2) is 0 Å². The second kappa shape index (κ2) is 7.54. The van der Waals surface area contributed by atoms with Crippen LogP contribution in [0.2, 0.25) is 0 Å². The molecule has 2 aromatic carbocycles. The number of fused-ring (bicyclic) bond motifs is 1. The molecule has 0 atom stereocenters. The lowest BCUT2D eigenvalue weighted by Crippen LogP contribution is -2.27. The van der Waals surface area contributed by atoms with Gasteiger partial charge in [-0.1, -0.05) is 18.2 Å². The van der Waals surface area contributed by atoms with E-state index in [1.165, 1.54) is 13.1 Å². The van der Waals surface area contributed by atoms with Gasteiger partial charge in [0.25, 0.3) is 5.91 Å². The predicted molar refractivity (Wildman–Crippen MR) is 106 cm³/mol. The molecule has 0 radical (unpaired) electrons. The highest BCUT2D eigenvalue weighted by Gasteiger charge is 2.19. The Balaban J connectivity index is 1.75. The van der Waals surface area contributed by atoms with E-state index < -0.39 is 10.0 Å². The molecule has 0 saturated carbocycles. The van der Waals surface area contributed by atoms with Crippen LogP contribution in [-0.4, -0.2) is 32.9 Å². The molecule has 1 heterocycles. The molecule has 0 unspecified atom stereocenters. The van der Waals surface area contributed by atoms with Gasteiger partial charge in [0.2, 0.25) is 10.0 Å². The maximum absolute atomic E-state index is 12.5. The number of amides is 1. The van der Waals surface area contributed by atoms with E-state index in [4.69, 9.17) is 0 Å². The maximum Gasteiger partial charge on any atom is 0.251 e. The fourth-order valence-corrected chi connectivity index (χ4v) is 4.16. The fraction of sp³-hybridized carbons (Fsp3) is 0.250. The van der Waals surface area contributed by atoms with Crippen molar-refractivity contribution >= 4 is 26.8 Å².